The van der Waals surface area contributed by atoms with E-state index in [2.05, 4.69) is 15.5 Å². The Morgan fingerprint density at radius 2 is 1.81 bits per heavy atom. The number of anilines is 1. The summed E-state index contributed by atoms with van der Waals surface area (Å²) < 4.78 is 7.41. The van der Waals surface area contributed by atoms with Crippen LogP contribution in [0, 0.1) is 6.92 Å². The van der Waals surface area contributed by atoms with E-state index >= 15 is 0 Å². The number of para-hydroxylation sites is 2. The van der Waals surface area contributed by atoms with Crippen molar-refractivity contribution in [3.8, 4) is 17.1 Å². The first-order valence-corrected chi connectivity index (χ1v) is 11.2. The molecule has 2 aromatic carbocycles. The van der Waals surface area contributed by atoms with Gasteiger partial charge in [0.25, 0.3) is 0 Å². The number of furan rings is 1. The van der Waals surface area contributed by atoms with Crippen LogP contribution in [0.3, 0.4) is 0 Å². The molecule has 0 saturated carbocycles. The lowest BCUT2D eigenvalue weighted by Gasteiger charge is -2.10. The molecule has 1 amide bonds. The highest BCUT2D eigenvalue weighted by atomic mass is 35.5. The minimum Gasteiger partial charge on any atom is -0.469 e. The van der Waals surface area contributed by atoms with Crippen LogP contribution < -0.4 is 5.32 Å². The Morgan fingerprint density at radius 3 is 2.48 bits per heavy atom. The van der Waals surface area contributed by atoms with E-state index in [1.165, 1.54) is 11.8 Å². The molecule has 0 fully saturated rings. The third-order valence-electron chi connectivity index (χ3n) is 4.53. The van der Waals surface area contributed by atoms with Crippen LogP contribution in [0.5, 0.6) is 0 Å². The molecule has 4 rings (SSSR count). The van der Waals surface area contributed by atoms with Crippen molar-refractivity contribution in [2.45, 2.75) is 18.5 Å². The molecule has 1 N–H and O–H groups in total. The van der Waals surface area contributed by atoms with Gasteiger partial charge in [0.1, 0.15) is 5.76 Å². The molecule has 0 aliphatic rings. The lowest BCUT2D eigenvalue weighted by molar-refractivity contribution is -0.115. The summed E-state index contributed by atoms with van der Waals surface area (Å²) in [6, 6.07) is 16.8. The van der Waals surface area contributed by atoms with Crippen LogP contribution in [0.1, 0.15) is 12.2 Å². The molecule has 2 heterocycles. The van der Waals surface area contributed by atoms with Crippen LogP contribution in [-0.2, 0) is 4.79 Å². The summed E-state index contributed by atoms with van der Waals surface area (Å²) in [5.41, 5.74) is 2.22. The summed E-state index contributed by atoms with van der Waals surface area (Å²) in [5.74, 6) is 1.77. The van der Waals surface area contributed by atoms with Crippen LogP contribution in [0.4, 0.5) is 5.69 Å². The highest BCUT2D eigenvalue weighted by molar-refractivity contribution is 7.99. The average Bonchev–Trinajstić information content (AvgIpc) is 3.37. The molecule has 0 atom stereocenters. The Morgan fingerprint density at radius 1 is 1.06 bits per heavy atom. The average molecular weight is 473 g/mol. The molecule has 0 unspecified atom stereocenters. The van der Waals surface area contributed by atoms with E-state index in [4.69, 9.17) is 27.6 Å². The van der Waals surface area contributed by atoms with Gasteiger partial charge in [-0.2, -0.15) is 0 Å². The Balaban J connectivity index is 1.51. The van der Waals surface area contributed by atoms with Gasteiger partial charge in [0.2, 0.25) is 5.91 Å². The second kappa shape index (κ2) is 9.60. The van der Waals surface area contributed by atoms with Crippen LogP contribution >= 0.6 is 35.0 Å². The number of thioether (sulfide) groups is 1. The number of hydrogen-bond donors (Lipinski definition) is 1. The summed E-state index contributed by atoms with van der Waals surface area (Å²) >= 11 is 13.7. The number of amides is 1. The topological polar surface area (TPSA) is 72.9 Å². The largest absolute Gasteiger partial charge is 0.469 e. The first-order valence-electron chi connectivity index (χ1n) is 9.46. The molecule has 0 saturated heterocycles. The van der Waals surface area contributed by atoms with Crippen LogP contribution in [0.25, 0.3) is 17.1 Å². The van der Waals surface area contributed by atoms with E-state index in [0.29, 0.717) is 32.5 Å². The fourth-order valence-electron chi connectivity index (χ4n) is 3.02. The normalized spacial score (nSPS) is 10.9. The Hall–Kier alpha value is -2.74. The zero-order valence-corrected chi connectivity index (χ0v) is 18.8. The van der Waals surface area contributed by atoms with Crippen LogP contribution in [0.15, 0.2) is 70.4 Å². The molecule has 4 aromatic rings. The van der Waals surface area contributed by atoms with Gasteiger partial charge in [-0.25, -0.2) is 0 Å². The first kappa shape index (κ1) is 21.5. The fourth-order valence-corrected chi connectivity index (χ4v) is 4.40. The summed E-state index contributed by atoms with van der Waals surface area (Å²) in [6.45, 7) is 1.89. The standard InChI is InChI=1S/C22H18Cl2N4O2S/c1-14-16(10-12-30-14)21-26-27-22(28(21)15-6-3-2-4-7-15)31-13-11-19(29)25-20-17(23)8-5-9-18(20)24/h2-10,12H,11,13H2,1H3,(H,25,29). The Labute approximate surface area is 193 Å². The number of hydrogen-bond acceptors (Lipinski definition) is 5. The molecule has 0 bridgehead atoms. The van der Waals surface area contributed by atoms with Gasteiger partial charge < -0.3 is 9.73 Å². The van der Waals surface area contributed by atoms with Gasteiger partial charge >= 0.3 is 0 Å². The molecular weight excluding hydrogens is 455 g/mol. The minimum atomic E-state index is -0.181. The molecule has 6 nitrogen and oxygen atoms in total. The highest BCUT2D eigenvalue weighted by Gasteiger charge is 2.19. The van der Waals surface area contributed by atoms with E-state index in [0.717, 1.165) is 17.0 Å². The van der Waals surface area contributed by atoms with E-state index in [1.54, 1.807) is 24.5 Å². The fraction of sp³-hybridized carbons (Fsp3) is 0.136. The molecule has 0 spiro atoms. The van der Waals surface area contributed by atoms with Gasteiger partial charge in [0.05, 0.1) is 27.6 Å². The molecule has 0 aliphatic carbocycles. The Kier molecular flexibility index (Phi) is 6.65. The van der Waals surface area contributed by atoms with Crippen LogP contribution in [-0.4, -0.2) is 26.4 Å². The van der Waals surface area contributed by atoms with E-state index in [1.807, 2.05) is 47.9 Å². The molecule has 0 aliphatic heterocycles. The number of carbonyl (C=O) groups excluding carboxylic acids is 1. The van der Waals surface area contributed by atoms with Gasteiger partial charge in [0, 0.05) is 17.9 Å². The van der Waals surface area contributed by atoms with Crippen molar-refractivity contribution in [2.75, 3.05) is 11.1 Å². The second-order valence-corrected chi connectivity index (χ2v) is 8.49. The smallest absolute Gasteiger partial charge is 0.225 e. The number of nitrogens with zero attached hydrogens (tertiary/aromatic N) is 3. The molecule has 0 radical (unpaired) electrons. The van der Waals surface area contributed by atoms with Crippen molar-refractivity contribution >= 4 is 46.6 Å². The third-order valence-corrected chi connectivity index (χ3v) is 6.10. The van der Waals surface area contributed by atoms with Crippen molar-refractivity contribution in [1.82, 2.24) is 14.8 Å². The SMILES string of the molecule is Cc1occc1-c1nnc(SCCC(=O)Nc2c(Cl)cccc2Cl)n1-c1ccccc1. The monoisotopic (exact) mass is 472 g/mol. The number of benzene rings is 2. The lowest BCUT2D eigenvalue weighted by Crippen LogP contribution is -2.13. The second-order valence-electron chi connectivity index (χ2n) is 6.61. The number of nitrogens with one attached hydrogen (secondary N) is 1. The molecule has 31 heavy (non-hydrogen) atoms. The molecule has 2 aromatic heterocycles. The predicted octanol–water partition coefficient (Wildman–Crippen LogP) is 6.26. The zero-order chi connectivity index (χ0) is 21.8. The molecule has 9 heteroatoms. The maximum Gasteiger partial charge on any atom is 0.225 e. The first-order chi connectivity index (χ1) is 15.0. The molecule has 158 valence electrons. The maximum atomic E-state index is 12.4. The van der Waals surface area contributed by atoms with Crippen molar-refractivity contribution in [3.05, 3.63) is 76.7 Å². The van der Waals surface area contributed by atoms with Crippen molar-refractivity contribution < 1.29 is 9.21 Å². The van der Waals surface area contributed by atoms with Crippen molar-refractivity contribution in [1.29, 1.82) is 0 Å². The van der Waals surface area contributed by atoms with Crippen LogP contribution in [0.2, 0.25) is 10.0 Å². The maximum absolute atomic E-state index is 12.4. The quantitative estimate of drug-likeness (QED) is 0.321. The number of rotatable bonds is 7. The van der Waals surface area contributed by atoms with Crippen molar-refractivity contribution in [2.24, 2.45) is 0 Å². The van der Waals surface area contributed by atoms with E-state index < -0.39 is 0 Å². The summed E-state index contributed by atoms with van der Waals surface area (Å²) in [5, 5.41) is 13.0. The number of aromatic nitrogens is 3. The van der Waals surface area contributed by atoms with E-state index in [-0.39, 0.29) is 12.3 Å². The van der Waals surface area contributed by atoms with Gasteiger partial charge in [-0.3, -0.25) is 9.36 Å². The number of halogens is 2. The number of carbonyl (C=O) groups is 1. The minimum absolute atomic E-state index is 0.181. The lowest BCUT2D eigenvalue weighted by atomic mass is 10.2. The van der Waals surface area contributed by atoms with Gasteiger partial charge in [0.15, 0.2) is 11.0 Å². The summed E-state index contributed by atoms with van der Waals surface area (Å²) in [4.78, 5) is 12.4. The Bertz CT molecular complexity index is 1190. The van der Waals surface area contributed by atoms with Gasteiger partial charge in [-0.05, 0) is 37.3 Å². The zero-order valence-electron chi connectivity index (χ0n) is 16.5. The number of aryl methyl sites for hydroxylation is 1. The van der Waals surface area contributed by atoms with Gasteiger partial charge in [-0.1, -0.05) is 59.2 Å². The van der Waals surface area contributed by atoms with Gasteiger partial charge in [-0.15, -0.1) is 10.2 Å². The third kappa shape index (κ3) is 4.79. The predicted molar refractivity (Wildman–Crippen MR) is 124 cm³/mol. The highest BCUT2D eigenvalue weighted by Crippen LogP contribution is 2.32. The van der Waals surface area contributed by atoms with Crippen molar-refractivity contribution in [3.63, 3.8) is 0 Å². The van der Waals surface area contributed by atoms with E-state index in [9.17, 15) is 4.79 Å². The molecular formula is C22H18Cl2N4O2S. The summed E-state index contributed by atoms with van der Waals surface area (Å²) in [7, 11) is 0. The summed E-state index contributed by atoms with van der Waals surface area (Å²) in [6.07, 6.45) is 1.89.